The number of hydrogen-bond donors (Lipinski definition) is 0. The third-order valence-electron chi connectivity index (χ3n) is 13.8. The summed E-state index contributed by atoms with van der Waals surface area (Å²) in [5.41, 5.74) is 0. The Morgan fingerprint density at radius 3 is 0.816 bits per heavy atom. The molecular formula is C70H120O6. The Hall–Kier alpha value is -3.67. The lowest BCUT2D eigenvalue weighted by Crippen LogP contribution is -2.30. The Bertz CT molecular complexity index is 1490. The van der Waals surface area contributed by atoms with Crippen molar-refractivity contribution in [2.75, 3.05) is 13.2 Å². The Balaban J connectivity index is 4.39. The molecule has 0 spiro atoms. The first-order valence-corrected chi connectivity index (χ1v) is 32.2. The van der Waals surface area contributed by atoms with Crippen LogP contribution in [0.1, 0.15) is 310 Å². The van der Waals surface area contributed by atoms with Crippen LogP contribution in [-0.4, -0.2) is 37.2 Å². The molecule has 0 radical (unpaired) electrons. The SMILES string of the molecule is CC/C=C\C/C=C\C/C=C\C/C=C\C/C=C\CCCCCCCC(=O)OC(COC(=O)CCCCCCC/C=C\CCCCCCC)COC(=O)CCCCCCCCCCCCC/C=C\C/C=C\CCCCCCC. The molecule has 0 aliphatic carbocycles. The van der Waals surface area contributed by atoms with Crippen LogP contribution in [0.25, 0.3) is 0 Å². The van der Waals surface area contributed by atoms with E-state index in [1.807, 2.05) is 0 Å². The largest absolute Gasteiger partial charge is 0.462 e. The molecule has 0 aromatic rings. The van der Waals surface area contributed by atoms with Crippen molar-refractivity contribution in [2.45, 2.75) is 316 Å². The summed E-state index contributed by atoms with van der Waals surface area (Å²) in [5.74, 6) is -0.909. The molecule has 6 nitrogen and oxygen atoms in total. The molecule has 0 saturated carbocycles. The van der Waals surface area contributed by atoms with Crippen LogP contribution in [0.2, 0.25) is 0 Å². The highest BCUT2D eigenvalue weighted by molar-refractivity contribution is 5.71. The highest BCUT2D eigenvalue weighted by Crippen LogP contribution is 2.16. The molecule has 76 heavy (non-hydrogen) atoms. The summed E-state index contributed by atoms with van der Waals surface area (Å²) in [6.07, 6.45) is 85.5. The normalized spacial score (nSPS) is 12.7. The molecule has 0 aliphatic heterocycles. The molecule has 0 aromatic carbocycles. The van der Waals surface area contributed by atoms with Crippen LogP contribution in [0.5, 0.6) is 0 Å². The standard InChI is InChI=1S/C70H120O6/c1-4-7-10-13-16-19-22-25-28-30-32-34-35-37-38-40-42-45-48-51-54-57-60-63-69(72)75-66-67(65-74-68(71)62-59-56-53-50-47-44-27-24-21-18-15-12-9-6-3)76-70(73)64-61-58-55-52-49-46-43-41-39-36-33-31-29-26-23-20-17-14-11-8-5-2/h8,11,17,20,22,24-27,29-30,32-33,36,41,43,67H,4-7,9-10,12-16,18-19,21,23,28,31,34-35,37-40,42,44-66H2,1-3H3/b11-8-,20-17-,25-22-,27-24-,29-26-,32-30-,36-33-,43-41-. The summed E-state index contributed by atoms with van der Waals surface area (Å²) in [7, 11) is 0. The molecule has 0 N–H and O–H groups in total. The second kappa shape index (κ2) is 63.9. The predicted molar refractivity (Wildman–Crippen MR) is 330 cm³/mol. The quantitative estimate of drug-likeness (QED) is 0.0261. The van der Waals surface area contributed by atoms with E-state index in [9.17, 15) is 14.4 Å². The lowest BCUT2D eigenvalue weighted by Gasteiger charge is -2.18. The van der Waals surface area contributed by atoms with Gasteiger partial charge in [0.15, 0.2) is 6.10 Å². The smallest absolute Gasteiger partial charge is 0.306 e. The summed E-state index contributed by atoms with van der Waals surface area (Å²) >= 11 is 0. The molecule has 0 aliphatic rings. The average molecular weight is 1060 g/mol. The van der Waals surface area contributed by atoms with E-state index in [1.54, 1.807) is 0 Å². The fourth-order valence-corrected chi connectivity index (χ4v) is 8.97. The van der Waals surface area contributed by atoms with Crippen LogP contribution in [0.3, 0.4) is 0 Å². The van der Waals surface area contributed by atoms with Crippen LogP contribution in [0, 0.1) is 0 Å². The highest BCUT2D eigenvalue weighted by Gasteiger charge is 2.19. The summed E-state index contributed by atoms with van der Waals surface area (Å²) in [5, 5.41) is 0. The lowest BCUT2D eigenvalue weighted by molar-refractivity contribution is -0.167. The first kappa shape index (κ1) is 72.3. The minimum atomic E-state index is -0.794. The molecule has 6 heteroatoms. The number of unbranched alkanes of at least 4 members (excludes halogenated alkanes) is 31. The minimum absolute atomic E-state index is 0.0887. The van der Waals surface area contributed by atoms with Gasteiger partial charge in [0, 0.05) is 19.3 Å². The second-order valence-corrected chi connectivity index (χ2v) is 21.3. The van der Waals surface area contributed by atoms with E-state index < -0.39 is 6.10 Å². The number of hydrogen-bond acceptors (Lipinski definition) is 6. The number of allylic oxidation sites excluding steroid dienone is 16. The molecule has 0 saturated heterocycles. The molecule has 0 fully saturated rings. The summed E-state index contributed by atoms with van der Waals surface area (Å²) in [4.78, 5) is 38.3. The van der Waals surface area contributed by atoms with Crippen LogP contribution in [0.4, 0.5) is 0 Å². The zero-order valence-electron chi connectivity index (χ0n) is 50.0. The number of carbonyl (C=O) groups is 3. The summed E-state index contributed by atoms with van der Waals surface area (Å²) in [6.45, 7) is 6.51. The van der Waals surface area contributed by atoms with Crippen molar-refractivity contribution in [3.63, 3.8) is 0 Å². The minimum Gasteiger partial charge on any atom is -0.462 e. The third-order valence-corrected chi connectivity index (χ3v) is 13.8. The Morgan fingerprint density at radius 1 is 0.276 bits per heavy atom. The number of esters is 3. The van der Waals surface area contributed by atoms with Gasteiger partial charge in [-0.3, -0.25) is 14.4 Å². The van der Waals surface area contributed by atoms with E-state index in [0.29, 0.717) is 19.3 Å². The van der Waals surface area contributed by atoms with Gasteiger partial charge in [0.1, 0.15) is 13.2 Å². The van der Waals surface area contributed by atoms with Crippen LogP contribution in [0.15, 0.2) is 97.2 Å². The van der Waals surface area contributed by atoms with Crippen molar-refractivity contribution >= 4 is 17.9 Å². The first-order valence-electron chi connectivity index (χ1n) is 32.2. The van der Waals surface area contributed by atoms with Gasteiger partial charge in [0.05, 0.1) is 0 Å². The fourth-order valence-electron chi connectivity index (χ4n) is 8.97. The van der Waals surface area contributed by atoms with Gasteiger partial charge in [-0.25, -0.2) is 0 Å². The molecule has 0 bridgehead atoms. The fraction of sp³-hybridized carbons (Fsp3) is 0.729. The summed E-state index contributed by atoms with van der Waals surface area (Å²) in [6, 6.07) is 0. The Kier molecular flexibility index (Phi) is 60.8. The molecule has 436 valence electrons. The zero-order valence-corrected chi connectivity index (χ0v) is 50.0. The molecule has 1 atom stereocenters. The van der Waals surface area contributed by atoms with Gasteiger partial charge < -0.3 is 14.2 Å². The van der Waals surface area contributed by atoms with Gasteiger partial charge in [-0.2, -0.15) is 0 Å². The first-order chi connectivity index (χ1) is 37.5. The number of rotatable bonds is 58. The van der Waals surface area contributed by atoms with Gasteiger partial charge in [0.25, 0.3) is 0 Å². The molecule has 1 unspecified atom stereocenters. The second-order valence-electron chi connectivity index (χ2n) is 21.3. The zero-order chi connectivity index (χ0) is 55.0. The van der Waals surface area contributed by atoms with Crippen LogP contribution >= 0.6 is 0 Å². The molecule has 0 rings (SSSR count). The lowest BCUT2D eigenvalue weighted by atomic mass is 10.0. The monoisotopic (exact) mass is 1060 g/mol. The van der Waals surface area contributed by atoms with Gasteiger partial charge in [-0.1, -0.05) is 266 Å². The maximum absolute atomic E-state index is 12.9. The van der Waals surface area contributed by atoms with Crippen LogP contribution in [-0.2, 0) is 28.6 Å². The van der Waals surface area contributed by atoms with Crippen molar-refractivity contribution in [3.8, 4) is 0 Å². The number of carbonyl (C=O) groups excluding carboxylic acids is 3. The Labute approximate surface area is 470 Å². The molecule has 0 heterocycles. The molecular weight excluding hydrogens is 937 g/mol. The molecule has 0 amide bonds. The van der Waals surface area contributed by atoms with E-state index in [1.165, 1.54) is 148 Å². The van der Waals surface area contributed by atoms with Crippen molar-refractivity contribution in [2.24, 2.45) is 0 Å². The Morgan fingerprint density at radius 2 is 0.513 bits per heavy atom. The van der Waals surface area contributed by atoms with E-state index in [4.69, 9.17) is 14.2 Å². The topological polar surface area (TPSA) is 78.9 Å². The van der Waals surface area contributed by atoms with Crippen molar-refractivity contribution < 1.29 is 28.6 Å². The maximum atomic E-state index is 12.9. The van der Waals surface area contributed by atoms with Crippen molar-refractivity contribution in [1.82, 2.24) is 0 Å². The maximum Gasteiger partial charge on any atom is 0.306 e. The van der Waals surface area contributed by atoms with Gasteiger partial charge >= 0.3 is 17.9 Å². The van der Waals surface area contributed by atoms with Gasteiger partial charge in [-0.05, 0) is 122 Å². The predicted octanol–water partition coefficient (Wildman–Crippen LogP) is 22.0. The van der Waals surface area contributed by atoms with E-state index in [-0.39, 0.29) is 31.1 Å². The number of ether oxygens (including phenoxy) is 3. The van der Waals surface area contributed by atoms with E-state index in [2.05, 4.69) is 118 Å². The summed E-state index contributed by atoms with van der Waals surface area (Å²) < 4.78 is 16.9. The van der Waals surface area contributed by atoms with E-state index in [0.717, 1.165) is 122 Å². The van der Waals surface area contributed by atoms with Crippen LogP contribution < -0.4 is 0 Å². The van der Waals surface area contributed by atoms with Gasteiger partial charge in [0.2, 0.25) is 0 Å². The van der Waals surface area contributed by atoms with E-state index >= 15 is 0 Å². The average Bonchev–Trinajstić information content (AvgIpc) is 3.42. The third kappa shape index (κ3) is 61.2. The molecule has 0 aromatic heterocycles. The highest BCUT2D eigenvalue weighted by atomic mass is 16.6. The van der Waals surface area contributed by atoms with Crippen molar-refractivity contribution in [3.05, 3.63) is 97.2 Å². The van der Waals surface area contributed by atoms with Crippen molar-refractivity contribution in [1.29, 1.82) is 0 Å². The van der Waals surface area contributed by atoms with Gasteiger partial charge in [-0.15, -0.1) is 0 Å².